The summed E-state index contributed by atoms with van der Waals surface area (Å²) < 4.78 is 5.20. The first kappa shape index (κ1) is 12.9. The van der Waals surface area contributed by atoms with E-state index in [0.29, 0.717) is 13.0 Å². The molecule has 1 fully saturated rings. The van der Waals surface area contributed by atoms with Crippen molar-refractivity contribution in [3.63, 3.8) is 0 Å². The SMILES string of the molecule is O=C(OCc1ccccc1)[C@@H]1CCCN1C(=O)Cl. The van der Waals surface area contributed by atoms with Gasteiger partial charge >= 0.3 is 11.3 Å². The van der Waals surface area contributed by atoms with Gasteiger partial charge in [0.15, 0.2) is 0 Å². The fourth-order valence-corrected chi connectivity index (χ4v) is 2.25. The third kappa shape index (κ3) is 3.01. The molecule has 1 aliphatic heterocycles. The molecule has 1 heterocycles. The summed E-state index contributed by atoms with van der Waals surface area (Å²) in [7, 11) is 0. The van der Waals surface area contributed by atoms with E-state index in [-0.39, 0.29) is 12.6 Å². The lowest BCUT2D eigenvalue weighted by molar-refractivity contribution is -0.149. The second kappa shape index (κ2) is 5.87. The fourth-order valence-electron chi connectivity index (χ4n) is 2.05. The lowest BCUT2D eigenvalue weighted by atomic mass is 10.2. The molecule has 0 aliphatic carbocycles. The lowest BCUT2D eigenvalue weighted by Crippen LogP contribution is -2.38. The van der Waals surface area contributed by atoms with Crippen molar-refractivity contribution >= 4 is 22.9 Å². The third-order valence-electron chi connectivity index (χ3n) is 2.97. The molecule has 1 amide bonds. The van der Waals surface area contributed by atoms with Crippen LogP contribution in [0, 0.1) is 0 Å². The van der Waals surface area contributed by atoms with Gasteiger partial charge in [-0.2, -0.15) is 0 Å². The summed E-state index contributed by atoms with van der Waals surface area (Å²) in [5.41, 5.74) is 0.924. The quantitative estimate of drug-likeness (QED) is 0.480. The van der Waals surface area contributed by atoms with Gasteiger partial charge in [0, 0.05) is 6.54 Å². The number of carbonyl (C=O) groups is 2. The van der Waals surface area contributed by atoms with E-state index >= 15 is 0 Å². The Morgan fingerprint density at radius 1 is 1.33 bits per heavy atom. The number of amides is 1. The number of carbonyl (C=O) groups excluding carboxylic acids is 2. The van der Waals surface area contributed by atoms with Crippen LogP contribution < -0.4 is 0 Å². The fraction of sp³-hybridized carbons (Fsp3) is 0.385. The molecule has 0 unspecified atom stereocenters. The summed E-state index contributed by atoms with van der Waals surface area (Å²) in [5.74, 6) is -0.384. The minimum Gasteiger partial charge on any atom is -0.459 e. The molecule has 0 spiro atoms. The molecule has 0 bridgehead atoms. The van der Waals surface area contributed by atoms with E-state index in [1.807, 2.05) is 30.3 Å². The number of hydrogen-bond acceptors (Lipinski definition) is 3. The summed E-state index contributed by atoms with van der Waals surface area (Å²) in [4.78, 5) is 24.3. The van der Waals surface area contributed by atoms with Gasteiger partial charge in [0.1, 0.15) is 12.6 Å². The number of esters is 1. The van der Waals surface area contributed by atoms with Crippen molar-refractivity contribution in [3.8, 4) is 0 Å². The van der Waals surface area contributed by atoms with Crippen LogP contribution in [0.15, 0.2) is 30.3 Å². The number of rotatable bonds is 3. The highest BCUT2D eigenvalue weighted by Crippen LogP contribution is 2.20. The standard InChI is InChI=1S/C13H14ClNO3/c14-13(17)15-8-4-7-11(15)12(16)18-9-10-5-2-1-3-6-10/h1-3,5-6,11H,4,7-9H2/t11-/m0/s1. The molecule has 4 nitrogen and oxygen atoms in total. The molecule has 18 heavy (non-hydrogen) atoms. The molecule has 96 valence electrons. The average molecular weight is 268 g/mol. The van der Waals surface area contributed by atoms with Crippen LogP contribution in [-0.2, 0) is 16.1 Å². The van der Waals surface area contributed by atoms with Crippen LogP contribution in [0.1, 0.15) is 18.4 Å². The lowest BCUT2D eigenvalue weighted by Gasteiger charge is -2.20. The predicted octanol–water partition coefficient (Wildman–Crippen LogP) is 2.55. The minimum atomic E-state index is -0.589. The van der Waals surface area contributed by atoms with Crippen LogP contribution in [0.5, 0.6) is 0 Å². The molecule has 1 aromatic carbocycles. The van der Waals surface area contributed by atoms with Crippen molar-refractivity contribution in [2.75, 3.05) is 6.54 Å². The van der Waals surface area contributed by atoms with Crippen LogP contribution in [0.3, 0.4) is 0 Å². The van der Waals surface area contributed by atoms with Crippen LogP contribution in [0.4, 0.5) is 4.79 Å². The Morgan fingerprint density at radius 2 is 2.06 bits per heavy atom. The zero-order chi connectivity index (χ0) is 13.0. The van der Waals surface area contributed by atoms with Gasteiger partial charge in [0.05, 0.1) is 0 Å². The first-order chi connectivity index (χ1) is 8.68. The smallest absolute Gasteiger partial charge is 0.329 e. The summed E-state index contributed by atoms with van der Waals surface area (Å²) in [5, 5.41) is -0.589. The Labute approximate surface area is 110 Å². The number of nitrogens with zero attached hydrogens (tertiary/aromatic N) is 1. The topological polar surface area (TPSA) is 46.6 Å². The van der Waals surface area contributed by atoms with Crippen molar-refractivity contribution < 1.29 is 14.3 Å². The van der Waals surface area contributed by atoms with Crippen LogP contribution in [0.2, 0.25) is 0 Å². The molecule has 1 aromatic rings. The monoisotopic (exact) mass is 267 g/mol. The Balaban J connectivity index is 1.90. The van der Waals surface area contributed by atoms with E-state index < -0.39 is 11.4 Å². The molecular weight excluding hydrogens is 254 g/mol. The Hall–Kier alpha value is -1.55. The highest BCUT2D eigenvalue weighted by molar-refractivity contribution is 6.63. The zero-order valence-corrected chi connectivity index (χ0v) is 10.6. The average Bonchev–Trinajstić information content (AvgIpc) is 2.86. The van der Waals surface area contributed by atoms with Crippen LogP contribution >= 0.6 is 11.6 Å². The van der Waals surface area contributed by atoms with Gasteiger partial charge in [-0.25, -0.2) is 4.79 Å². The number of hydrogen-bond donors (Lipinski definition) is 0. The van der Waals surface area contributed by atoms with Gasteiger partial charge in [0.2, 0.25) is 0 Å². The molecule has 0 aromatic heterocycles. The second-order valence-corrected chi connectivity index (χ2v) is 4.52. The molecule has 2 rings (SSSR count). The van der Waals surface area contributed by atoms with Gasteiger partial charge in [-0.1, -0.05) is 30.3 Å². The van der Waals surface area contributed by atoms with Crippen LogP contribution in [0.25, 0.3) is 0 Å². The van der Waals surface area contributed by atoms with Gasteiger partial charge in [0.25, 0.3) is 0 Å². The van der Waals surface area contributed by atoms with Crippen molar-refractivity contribution in [1.82, 2.24) is 4.90 Å². The predicted molar refractivity (Wildman–Crippen MR) is 67.2 cm³/mol. The first-order valence-electron chi connectivity index (χ1n) is 5.85. The molecule has 1 atom stereocenters. The molecule has 0 saturated carbocycles. The van der Waals surface area contributed by atoms with Crippen molar-refractivity contribution in [1.29, 1.82) is 0 Å². The van der Waals surface area contributed by atoms with E-state index in [0.717, 1.165) is 12.0 Å². The van der Waals surface area contributed by atoms with Crippen molar-refractivity contribution in [3.05, 3.63) is 35.9 Å². The summed E-state index contributed by atoms with van der Waals surface area (Å²) in [6.45, 7) is 0.744. The molecule has 5 heteroatoms. The Morgan fingerprint density at radius 3 is 2.72 bits per heavy atom. The highest BCUT2D eigenvalue weighted by atomic mass is 35.5. The maximum Gasteiger partial charge on any atom is 0.329 e. The largest absolute Gasteiger partial charge is 0.459 e. The summed E-state index contributed by atoms with van der Waals surface area (Å²) >= 11 is 5.42. The van der Waals surface area contributed by atoms with E-state index in [1.54, 1.807) is 0 Å². The summed E-state index contributed by atoms with van der Waals surface area (Å²) in [6, 6.07) is 8.90. The van der Waals surface area contributed by atoms with Crippen LogP contribution in [-0.4, -0.2) is 28.8 Å². The minimum absolute atomic E-state index is 0.223. The molecule has 1 aliphatic rings. The maximum atomic E-state index is 11.9. The van der Waals surface area contributed by atoms with Gasteiger partial charge in [-0.3, -0.25) is 4.79 Å². The highest BCUT2D eigenvalue weighted by Gasteiger charge is 2.34. The third-order valence-corrected chi connectivity index (χ3v) is 3.19. The van der Waals surface area contributed by atoms with Gasteiger partial charge in [-0.15, -0.1) is 0 Å². The van der Waals surface area contributed by atoms with E-state index in [2.05, 4.69) is 0 Å². The second-order valence-electron chi connectivity index (χ2n) is 4.20. The number of likely N-dealkylation sites (tertiary alicyclic amines) is 1. The number of ether oxygens (including phenoxy) is 1. The number of benzene rings is 1. The molecular formula is C13H14ClNO3. The van der Waals surface area contributed by atoms with E-state index in [1.165, 1.54) is 4.90 Å². The van der Waals surface area contributed by atoms with Gasteiger partial charge in [-0.05, 0) is 30.0 Å². The normalized spacial score (nSPS) is 18.7. The Kier molecular flexibility index (Phi) is 4.20. The van der Waals surface area contributed by atoms with Crippen molar-refractivity contribution in [2.24, 2.45) is 0 Å². The summed E-state index contributed by atoms with van der Waals surface area (Å²) in [6.07, 6.45) is 1.40. The van der Waals surface area contributed by atoms with E-state index in [9.17, 15) is 9.59 Å². The zero-order valence-electron chi connectivity index (χ0n) is 9.84. The molecule has 1 saturated heterocycles. The number of halogens is 1. The Bertz CT molecular complexity index is 435. The molecule has 0 N–H and O–H groups in total. The van der Waals surface area contributed by atoms with E-state index in [4.69, 9.17) is 16.3 Å². The first-order valence-corrected chi connectivity index (χ1v) is 6.23. The van der Waals surface area contributed by atoms with Crippen molar-refractivity contribution in [2.45, 2.75) is 25.5 Å². The van der Waals surface area contributed by atoms with Gasteiger partial charge < -0.3 is 9.64 Å². The molecule has 0 radical (unpaired) electrons. The maximum absolute atomic E-state index is 11.9.